The largest absolute Gasteiger partial charge is 0.365 e. The second-order valence-electron chi connectivity index (χ2n) is 12.0. The van der Waals surface area contributed by atoms with E-state index in [4.69, 9.17) is 28.4 Å². The Balaban J connectivity index is 1.03. The number of benzene rings is 3. The first-order valence-corrected chi connectivity index (χ1v) is 14.6. The van der Waals surface area contributed by atoms with Crippen LogP contribution in [0.25, 0.3) is 11.1 Å². The summed E-state index contributed by atoms with van der Waals surface area (Å²) in [5, 5.41) is 0. The van der Waals surface area contributed by atoms with Gasteiger partial charge in [0.1, 0.15) is 24.9 Å². The fourth-order valence-electron chi connectivity index (χ4n) is 6.41. The molecule has 0 radical (unpaired) electrons. The summed E-state index contributed by atoms with van der Waals surface area (Å²) >= 11 is 0. The molecule has 0 amide bonds. The molecule has 3 aliphatic heterocycles. The van der Waals surface area contributed by atoms with Gasteiger partial charge in [-0.25, -0.2) is 0 Å². The van der Waals surface area contributed by atoms with Crippen LogP contribution >= 0.6 is 0 Å². The normalized spacial score (nSPS) is 34.1. The average Bonchev–Trinajstić information content (AvgIpc) is 3.52. The highest BCUT2D eigenvalue weighted by Gasteiger charge is 2.63. The van der Waals surface area contributed by atoms with Crippen LogP contribution in [0.5, 0.6) is 0 Å². The Hall–Kier alpha value is -2.58. The Morgan fingerprint density at radius 1 is 0.800 bits per heavy atom. The van der Waals surface area contributed by atoms with Crippen molar-refractivity contribution in [3.8, 4) is 11.1 Å². The standard InChI is InChI=1S/C34H38O6/c1-33(2)37-22-34(40-33)31(35-20-24-14-16-26(17-15-24)25-11-7-4-8-12-25)30-29(21-36-34)38-32(39-30)28-19-27(28)18-13-23-9-5-3-6-10-23/h3-12,14-17,27-32H,13,18-22H2,1-2H3/t27-,28-,29-,30-,31+,32-,34+/m1/s1. The predicted octanol–water partition coefficient (Wildman–Crippen LogP) is 6.13. The average molecular weight is 543 g/mol. The van der Waals surface area contributed by atoms with Gasteiger partial charge in [0.05, 0.1) is 13.2 Å². The molecule has 3 aromatic rings. The molecule has 3 heterocycles. The Morgan fingerprint density at radius 2 is 1.52 bits per heavy atom. The molecule has 1 saturated carbocycles. The summed E-state index contributed by atoms with van der Waals surface area (Å²) in [5.74, 6) is -0.756. The molecule has 7 rings (SSSR count). The fourth-order valence-corrected chi connectivity index (χ4v) is 6.41. The van der Waals surface area contributed by atoms with Crippen molar-refractivity contribution in [1.29, 1.82) is 0 Å². The lowest BCUT2D eigenvalue weighted by molar-refractivity contribution is -0.336. The van der Waals surface area contributed by atoms with Gasteiger partial charge >= 0.3 is 0 Å². The van der Waals surface area contributed by atoms with Gasteiger partial charge in [-0.05, 0) is 61.3 Å². The molecule has 0 unspecified atom stereocenters. The summed E-state index contributed by atoms with van der Waals surface area (Å²) in [6.07, 6.45) is 2.18. The number of rotatable bonds is 8. The summed E-state index contributed by atoms with van der Waals surface area (Å²) in [5.41, 5.74) is 4.84. The van der Waals surface area contributed by atoms with Crippen molar-refractivity contribution in [1.82, 2.24) is 0 Å². The molecule has 3 saturated heterocycles. The zero-order valence-corrected chi connectivity index (χ0v) is 23.2. The molecule has 0 aromatic heterocycles. The van der Waals surface area contributed by atoms with Crippen molar-refractivity contribution in [2.75, 3.05) is 13.2 Å². The van der Waals surface area contributed by atoms with Crippen LogP contribution in [0, 0.1) is 11.8 Å². The van der Waals surface area contributed by atoms with Crippen LogP contribution in [0.1, 0.15) is 37.8 Å². The van der Waals surface area contributed by atoms with Gasteiger partial charge in [-0.15, -0.1) is 0 Å². The van der Waals surface area contributed by atoms with Crippen LogP contribution < -0.4 is 0 Å². The van der Waals surface area contributed by atoms with Crippen molar-refractivity contribution in [2.45, 2.75) is 75.9 Å². The van der Waals surface area contributed by atoms with E-state index in [0.717, 1.165) is 24.8 Å². The lowest BCUT2D eigenvalue weighted by Crippen LogP contribution is -2.62. The van der Waals surface area contributed by atoms with Crippen molar-refractivity contribution >= 4 is 0 Å². The van der Waals surface area contributed by atoms with Gasteiger partial charge in [0.2, 0.25) is 5.79 Å². The number of hydrogen-bond acceptors (Lipinski definition) is 6. The molecule has 0 N–H and O–H groups in total. The van der Waals surface area contributed by atoms with Gasteiger partial charge in [0, 0.05) is 5.92 Å². The zero-order valence-electron chi connectivity index (χ0n) is 23.2. The minimum atomic E-state index is -1.02. The summed E-state index contributed by atoms with van der Waals surface area (Å²) in [4.78, 5) is 0. The zero-order chi connectivity index (χ0) is 27.2. The van der Waals surface area contributed by atoms with Gasteiger partial charge in [-0.1, -0.05) is 84.9 Å². The Bertz CT molecular complexity index is 1280. The van der Waals surface area contributed by atoms with E-state index in [0.29, 0.717) is 25.0 Å². The minimum Gasteiger partial charge on any atom is -0.365 e. The summed E-state index contributed by atoms with van der Waals surface area (Å²) in [6.45, 7) is 4.92. The molecular weight excluding hydrogens is 504 g/mol. The smallest absolute Gasteiger partial charge is 0.224 e. The molecule has 6 heteroatoms. The van der Waals surface area contributed by atoms with Gasteiger partial charge in [0.25, 0.3) is 0 Å². The number of hydrogen-bond donors (Lipinski definition) is 0. The van der Waals surface area contributed by atoms with Crippen LogP contribution in [0.4, 0.5) is 0 Å². The highest BCUT2D eigenvalue weighted by molar-refractivity contribution is 5.63. The quantitative estimate of drug-likeness (QED) is 0.342. The highest BCUT2D eigenvalue weighted by Crippen LogP contribution is 2.51. The molecule has 1 aliphatic carbocycles. The second-order valence-corrected chi connectivity index (χ2v) is 12.0. The number of fused-ring (bicyclic) bond motifs is 1. The van der Waals surface area contributed by atoms with Crippen molar-refractivity contribution in [3.63, 3.8) is 0 Å². The Labute approximate surface area is 236 Å². The van der Waals surface area contributed by atoms with E-state index in [9.17, 15) is 0 Å². The maximum absolute atomic E-state index is 6.64. The molecule has 7 atom stereocenters. The maximum Gasteiger partial charge on any atom is 0.224 e. The summed E-state index contributed by atoms with van der Waals surface area (Å²) in [6, 6.07) is 29.6. The van der Waals surface area contributed by atoms with Gasteiger partial charge in [-0.3, -0.25) is 0 Å². The molecule has 0 bridgehead atoms. The Morgan fingerprint density at radius 3 is 2.25 bits per heavy atom. The second kappa shape index (κ2) is 10.7. The first-order valence-electron chi connectivity index (χ1n) is 14.6. The van der Waals surface area contributed by atoms with E-state index < -0.39 is 17.7 Å². The van der Waals surface area contributed by atoms with E-state index in [1.165, 1.54) is 16.7 Å². The van der Waals surface area contributed by atoms with Crippen molar-refractivity contribution in [3.05, 3.63) is 96.1 Å². The van der Waals surface area contributed by atoms with E-state index in [1.54, 1.807) is 0 Å². The van der Waals surface area contributed by atoms with Crippen LogP contribution in [0.3, 0.4) is 0 Å². The number of ether oxygens (including phenoxy) is 6. The van der Waals surface area contributed by atoms with Crippen LogP contribution in [-0.2, 0) is 41.4 Å². The third kappa shape index (κ3) is 5.37. The fraction of sp³-hybridized carbons (Fsp3) is 0.471. The van der Waals surface area contributed by atoms with Crippen LogP contribution in [0.2, 0.25) is 0 Å². The maximum atomic E-state index is 6.64. The third-order valence-corrected chi connectivity index (χ3v) is 8.69. The topological polar surface area (TPSA) is 55.4 Å². The van der Waals surface area contributed by atoms with Crippen molar-refractivity contribution in [2.24, 2.45) is 11.8 Å². The molecule has 6 nitrogen and oxygen atoms in total. The lowest BCUT2D eigenvalue weighted by Gasteiger charge is -2.43. The molecule has 4 fully saturated rings. The third-order valence-electron chi connectivity index (χ3n) is 8.69. The highest BCUT2D eigenvalue weighted by atomic mass is 16.9. The minimum absolute atomic E-state index is 0.191. The van der Waals surface area contributed by atoms with Crippen molar-refractivity contribution < 1.29 is 28.4 Å². The molecule has 1 spiro atoms. The molecule has 40 heavy (non-hydrogen) atoms. The van der Waals surface area contributed by atoms with E-state index in [-0.39, 0.29) is 25.1 Å². The molecule has 4 aliphatic rings. The van der Waals surface area contributed by atoms with Crippen LogP contribution in [0.15, 0.2) is 84.9 Å². The summed E-state index contributed by atoms with van der Waals surface area (Å²) < 4.78 is 38.4. The van der Waals surface area contributed by atoms with E-state index in [2.05, 4.69) is 78.9 Å². The van der Waals surface area contributed by atoms with E-state index in [1.807, 2.05) is 19.9 Å². The number of aryl methyl sites for hydroxylation is 1. The first kappa shape index (κ1) is 26.3. The van der Waals surface area contributed by atoms with E-state index >= 15 is 0 Å². The SMILES string of the molecule is CC1(C)OC[C@]2(OC[C@H]3O[C@@H]([C@@H]4C[C@H]4CCc4ccccc4)O[C@H]3[C@@H]2OCc2ccc(-c3ccccc3)cc2)O1. The Kier molecular flexibility index (Phi) is 7.03. The first-order chi connectivity index (χ1) is 19.5. The monoisotopic (exact) mass is 542 g/mol. The van der Waals surface area contributed by atoms with Gasteiger partial charge in [0.15, 0.2) is 12.1 Å². The molecule has 3 aromatic carbocycles. The van der Waals surface area contributed by atoms with Gasteiger partial charge in [-0.2, -0.15) is 0 Å². The summed E-state index contributed by atoms with van der Waals surface area (Å²) in [7, 11) is 0. The molecule has 210 valence electrons. The molecular formula is C34H38O6. The lowest BCUT2D eigenvalue weighted by atomic mass is 9.97. The predicted molar refractivity (Wildman–Crippen MR) is 150 cm³/mol. The van der Waals surface area contributed by atoms with Crippen LogP contribution in [-0.4, -0.2) is 49.4 Å². The van der Waals surface area contributed by atoms with Gasteiger partial charge < -0.3 is 28.4 Å².